The second-order valence-electron chi connectivity index (χ2n) is 7.76. The molecule has 6 nitrogen and oxygen atoms in total. The van der Waals surface area contributed by atoms with E-state index < -0.39 is 5.60 Å². The smallest absolute Gasteiger partial charge is 0.410 e. The number of thiazole rings is 2. The molecule has 1 amide bonds. The minimum absolute atomic E-state index is 0.239. The van der Waals surface area contributed by atoms with Crippen LogP contribution in [0, 0.1) is 0 Å². The zero-order chi connectivity index (χ0) is 20.7. The molecule has 2 aromatic rings. The molecule has 0 saturated heterocycles. The highest BCUT2D eigenvalue weighted by molar-refractivity contribution is 7.10. The Hall–Kier alpha value is -2.03. The molecule has 2 aromatic heterocycles. The Morgan fingerprint density at radius 2 is 1.72 bits per heavy atom. The van der Waals surface area contributed by atoms with Crippen molar-refractivity contribution in [1.82, 2.24) is 20.2 Å². The van der Waals surface area contributed by atoms with Crippen molar-refractivity contribution < 1.29 is 9.53 Å². The van der Waals surface area contributed by atoms with E-state index in [1.807, 2.05) is 37.7 Å². The van der Waals surface area contributed by atoms with Crippen LogP contribution in [0.4, 0.5) is 4.79 Å². The van der Waals surface area contributed by atoms with Crippen LogP contribution in [0.5, 0.6) is 0 Å². The van der Waals surface area contributed by atoms with Gasteiger partial charge in [-0.15, -0.1) is 22.7 Å². The Morgan fingerprint density at radius 1 is 1.07 bits per heavy atom. The quantitative estimate of drug-likeness (QED) is 0.746. The summed E-state index contributed by atoms with van der Waals surface area (Å²) in [6.07, 6.45) is 9.68. The van der Waals surface area contributed by atoms with Crippen molar-refractivity contribution in [3.8, 4) is 0 Å². The highest BCUT2D eigenvalue weighted by atomic mass is 32.1. The summed E-state index contributed by atoms with van der Waals surface area (Å²) in [6.45, 7) is 9.02. The lowest BCUT2D eigenvalue weighted by Crippen LogP contribution is -2.39. The molecule has 2 aliphatic rings. The third-order valence-electron chi connectivity index (χ3n) is 4.34. The first-order valence-electron chi connectivity index (χ1n) is 9.79. The molecule has 2 aliphatic heterocycles. The molecule has 0 atom stereocenters. The van der Waals surface area contributed by atoms with Crippen LogP contribution in [-0.2, 0) is 4.74 Å². The Kier molecular flexibility index (Phi) is 7.57. The minimum atomic E-state index is -0.434. The van der Waals surface area contributed by atoms with Gasteiger partial charge < -0.3 is 15.0 Å². The maximum Gasteiger partial charge on any atom is 0.410 e. The number of ether oxygens (including phenoxy) is 1. The fourth-order valence-electron chi connectivity index (χ4n) is 2.94. The summed E-state index contributed by atoms with van der Waals surface area (Å²) in [6, 6.07) is 0. The first-order valence-corrected chi connectivity index (χ1v) is 11.5. The predicted octanol–water partition coefficient (Wildman–Crippen LogP) is 4.69. The first-order chi connectivity index (χ1) is 13.9. The van der Waals surface area contributed by atoms with Crippen molar-refractivity contribution >= 4 is 39.9 Å². The number of hydrogen-bond acceptors (Lipinski definition) is 7. The third kappa shape index (κ3) is 6.76. The average molecular weight is 433 g/mol. The normalized spacial score (nSPS) is 17.0. The van der Waals surface area contributed by atoms with Gasteiger partial charge in [-0.1, -0.05) is 12.2 Å². The van der Waals surface area contributed by atoms with E-state index >= 15 is 0 Å². The Balaban J connectivity index is 0.000000186. The van der Waals surface area contributed by atoms with E-state index in [0.29, 0.717) is 13.1 Å². The highest BCUT2D eigenvalue weighted by Gasteiger charge is 2.24. The summed E-state index contributed by atoms with van der Waals surface area (Å²) in [5.41, 5.74) is 2.19. The molecule has 0 radical (unpaired) electrons. The van der Waals surface area contributed by atoms with Crippen molar-refractivity contribution in [2.75, 3.05) is 26.2 Å². The van der Waals surface area contributed by atoms with Gasteiger partial charge in [0.1, 0.15) is 15.6 Å². The Labute approximate surface area is 180 Å². The van der Waals surface area contributed by atoms with Gasteiger partial charge in [0.2, 0.25) is 0 Å². The molecular formula is C21H28N4O2S2. The molecule has 29 heavy (non-hydrogen) atoms. The van der Waals surface area contributed by atoms with Crippen molar-refractivity contribution in [2.45, 2.75) is 39.2 Å². The maximum atomic E-state index is 11.9. The molecule has 156 valence electrons. The van der Waals surface area contributed by atoms with Crippen LogP contribution >= 0.6 is 22.7 Å². The van der Waals surface area contributed by atoms with Gasteiger partial charge in [-0.3, -0.25) is 0 Å². The molecule has 0 aliphatic carbocycles. The number of amides is 1. The van der Waals surface area contributed by atoms with Crippen molar-refractivity contribution in [1.29, 1.82) is 0 Å². The van der Waals surface area contributed by atoms with E-state index in [1.54, 1.807) is 33.8 Å². The predicted molar refractivity (Wildman–Crippen MR) is 120 cm³/mol. The fraction of sp³-hybridized carbons (Fsp3) is 0.476. The molecule has 0 fully saturated rings. The van der Waals surface area contributed by atoms with Crippen molar-refractivity contribution in [2.24, 2.45) is 0 Å². The standard InChI is InChI=1S/C13H18N2O2S.C8H10N2S/c1-13(2,3)17-12(16)15-7-4-10(5-8-15)11-14-6-9-18-11;1-3-9-4-2-7(1)8-10-5-6-11-8/h4,6,9H,5,7-8H2,1-3H3;1,5-6,9H,2-4H2. The van der Waals surface area contributed by atoms with Crippen molar-refractivity contribution in [3.63, 3.8) is 0 Å². The second kappa shape index (κ2) is 10.1. The summed E-state index contributed by atoms with van der Waals surface area (Å²) in [5, 5.41) is 9.51. The summed E-state index contributed by atoms with van der Waals surface area (Å²) in [7, 11) is 0. The van der Waals surface area contributed by atoms with Crippen LogP contribution in [0.1, 0.15) is 43.6 Å². The molecule has 4 heterocycles. The Morgan fingerprint density at radius 3 is 2.17 bits per heavy atom. The highest BCUT2D eigenvalue weighted by Crippen LogP contribution is 2.24. The fourth-order valence-corrected chi connectivity index (χ4v) is 4.35. The molecule has 0 spiro atoms. The van der Waals surface area contributed by atoms with Crippen LogP contribution in [-0.4, -0.2) is 52.7 Å². The SMILES string of the molecule is C1=C(c2nccs2)CCNC1.CC(C)(C)OC(=O)N1CC=C(c2nccs2)CC1. The minimum Gasteiger partial charge on any atom is -0.444 e. The molecule has 0 aromatic carbocycles. The van der Waals surface area contributed by atoms with Gasteiger partial charge >= 0.3 is 6.09 Å². The van der Waals surface area contributed by atoms with Crippen LogP contribution in [0.3, 0.4) is 0 Å². The van der Waals surface area contributed by atoms with E-state index in [9.17, 15) is 4.79 Å². The van der Waals surface area contributed by atoms with Crippen molar-refractivity contribution in [3.05, 3.63) is 45.3 Å². The van der Waals surface area contributed by atoms with Crippen LogP contribution < -0.4 is 5.32 Å². The molecular weight excluding hydrogens is 404 g/mol. The molecule has 1 N–H and O–H groups in total. The van der Waals surface area contributed by atoms with Gasteiger partial charge in [0.05, 0.1) is 0 Å². The largest absolute Gasteiger partial charge is 0.444 e. The number of nitrogens with zero attached hydrogens (tertiary/aromatic N) is 3. The van der Waals surface area contributed by atoms with E-state index in [-0.39, 0.29) is 6.09 Å². The zero-order valence-corrected chi connectivity index (χ0v) is 18.8. The van der Waals surface area contributed by atoms with Crippen LogP contribution in [0.2, 0.25) is 0 Å². The molecule has 0 bridgehead atoms. The summed E-state index contributed by atoms with van der Waals surface area (Å²) in [5.74, 6) is 0. The number of rotatable bonds is 2. The lowest BCUT2D eigenvalue weighted by Gasteiger charge is -2.29. The van der Waals surface area contributed by atoms with E-state index in [1.165, 1.54) is 16.2 Å². The lowest BCUT2D eigenvalue weighted by molar-refractivity contribution is 0.0270. The van der Waals surface area contributed by atoms with E-state index in [2.05, 4.69) is 27.4 Å². The first kappa shape index (κ1) is 21.7. The number of nitrogens with one attached hydrogen (secondary N) is 1. The van der Waals surface area contributed by atoms with Crippen LogP contribution in [0.15, 0.2) is 35.3 Å². The van der Waals surface area contributed by atoms with Gasteiger partial charge in [0.25, 0.3) is 0 Å². The van der Waals surface area contributed by atoms with Gasteiger partial charge in [-0.2, -0.15) is 0 Å². The van der Waals surface area contributed by atoms with Gasteiger partial charge in [-0.25, -0.2) is 14.8 Å². The number of aromatic nitrogens is 2. The number of carbonyl (C=O) groups excluding carboxylic acids is 1. The monoisotopic (exact) mass is 432 g/mol. The third-order valence-corrected chi connectivity index (χ3v) is 6.04. The van der Waals surface area contributed by atoms with Gasteiger partial charge in [0.15, 0.2) is 0 Å². The topological polar surface area (TPSA) is 67.4 Å². The average Bonchev–Trinajstić information content (AvgIpc) is 3.42. The summed E-state index contributed by atoms with van der Waals surface area (Å²) >= 11 is 3.36. The summed E-state index contributed by atoms with van der Waals surface area (Å²) in [4.78, 5) is 22.1. The van der Waals surface area contributed by atoms with E-state index in [0.717, 1.165) is 30.9 Å². The second-order valence-corrected chi connectivity index (χ2v) is 9.55. The van der Waals surface area contributed by atoms with Gasteiger partial charge in [0, 0.05) is 42.8 Å². The zero-order valence-electron chi connectivity index (χ0n) is 17.2. The molecule has 0 saturated carbocycles. The van der Waals surface area contributed by atoms with Crippen LogP contribution in [0.25, 0.3) is 11.1 Å². The molecule has 4 rings (SSSR count). The maximum absolute atomic E-state index is 11.9. The van der Waals surface area contributed by atoms with E-state index in [4.69, 9.17) is 4.74 Å². The summed E-state index contributed by atoms with van der Waals surface area (Å²) < 4.78 is 5.35. The van der Waals surface area contributed by atoms with Gasteiger partial charge in [-0.05, 0) is 51.3 Å². The lowest BCUT2D eigenvalue weighted by atomic mass is 10.1. The molecule has 0 unspecified atom stereocenters. The number of carbonyl (C=O) groups is 1. The Bertz CT molecular complexity index is 837. The number of hydrogen-bond donors (Lipinski definition) is 1. The molecule has 8 heteroatoms.